The highest BCUT2D eigenvalue weighted by Gasteiger charge is 2.33. The topological polar surface area (TPSA) is 46.3 Å². The number of carbonyl (C=O) groups is 1. The highest BCUT2D eigenvalue weighted by atomic mass is 35.5. The van der Waals surface area contributed by atoms with Gasteiger partial charge in [-0.1, -0.05) is 23.7 Å². The highest BCUT2D eigenvalue weighted by molar-refractivity contribution is 6.30. The first kappa shape index (κ1) is 15.3. The van der Waals surface area contributed by atoms with Gasteiger partial charge >= 0.3 is 0 Å². The molecule has 0 aliphatic heterocycles. The molecular formula is C13H18Cl2N2O. The Morgan fingerprint density at radius 3 is 2.44 bits per heavy atom. The van der Waals surface area contributed by atoms with E-state index in [4.69, 9.17) is 17.3 Å². The van der Waals surface area contributed by atoms with Crippen LogP contribution in [0.25, 0.3) is 0 Å². The van der Waals surface area contributed by atoms with Crippen molar-refractivity contribution in [3.63, 3.8) is 0 Å². The summed E-state index contributed by atoms with van der Waals surface area (Å²) in [6.45, 7) is 2.36. The van der Waals surface area contributed by atoms with Crippen LogP contribution in [-0.4, -0.2) is 22.9 Å². The lowest BCUT2D eigenvalue weighted by atomic mass is 10.2. The molecule has 0 unspecified atom stereocenters. The highest BCUT2D eigenvalue weighted by Crippen LogP contribution is 2.29. The van der Waals surface area contributed by atoms with Gasteiger partial charge < -0.3 is 10.6 Å². The van der Waals surface area contributed by atoms with Crippen molar-refractivity contribution >= 4 is 29.9 Å². The van der Waals surface area contributed by atoms with Crippen LogP contribution in [0.3, 0.4) is 0 Å². The van der Waals surface area contributed by atoms with E-state index in [0.717, 1.165) is 18.4 Å². The number of carbonyl (C=O) groups excluding carboxylic acids is 1. The molecule has 1 aliphatic carbocycles. The van der Waals surface area contributed by atoms with E-state index in [1.807, 2.05) is 29.2 Å². The average molecular weight is 289 g/mol. The lowest BCUT2D eigenvalue weighted by Gasteiger charge is -2.24. The summed E-state index contributed by atoms with van der Waals surface area (Å²) >= 11 is 5.84. The molecule has 2 N–H and O–H groups in total. The summed E-state index contributed by atoms with van der Waals surface area (Å²) in [6, 6.07) is 7.54. The Labute approximate surface area is 119 Å². The standard InChI is InChI=1S/C13H17ClN2O.ClH/c1-9(15)13(17)16(12-6-7-12)8-10-2-4-11(14)5-3-10;/h2-5,9,12H,6-8,15H2,1H3;1H/t9-;/m0./s1. The molecule has 2 rings (SSSR count). The quantitative estimate of drug-likeness (QED) is 0.926. The molecule has 3 nitrogen and oxygen atoms in total. The molecule has 1 fully saturated rings. The zero-order chi connectivity index (χ0) is 12.4. The van der Waals surface area contributed by atoms with Crippen molar-refractivity contribution in [2.45, 2.75) is 38.4 Å². The maximum atomic E-state index is 12.0. The summed E-state index contributed by atoms with van der Waals surface area (Å²) < 4.78 is 0. The lowest BCUT2D eigenvalue weighted by Crippen LogP contribution is -2.42. The second-order valence-electron chi connectivity index (χ2n) is 4.61. The first-order chi connectivity index (χ1) is 8.08. The largest absolute Gasteiger partial charge is 0.334 e. The molecule has 1 aromatic rings. The Morgan fingerprint density at radius 2 is 2.00 bits per heavy atom. The molecule has 1 aliphatic rings. The monoisotopic (exact) mass is 288 g/mol. The molecule has 0 aromatic heterocycles. The molecule has 0 saturated heterocycles. The Hall–Kier alpha value is -0.770. The molecule has 18 heavy (non-hydrogen) atoms. The van der Waals surface area contributed by atoms with E-state index in [2.05, 4.69) is 0 Å². The third-order valence-electron chi connectivity index (χ3n) is 2.93. The van der Waals surface area contributed by atoms with Gasteiger partial charge in [-0.3, -0.25) is 4.79 Å². The number of rotatable bonds is 4. The maximum Gasteiger partial charge on any atom is 0.239 e. The van der Waals surface area contributed by atoms with E-state index in [9.17, 15) is 4.79 Å². The van der Waals surface area contributed by atoms with Crippen LogP contribution in [0.1, 0.15) is 25.3 Å². The van der Waals surface area contributed by atoms with Gasteiger partial charge in [0.05, 0.1) is 6.04 Å². The number of hydrogen-bond acceptors (Lipinski definition) is 2. The van der Waals surface area contributed by atoms with E-state index in [1.165, 1.54) is 0 Å². The number of benzene rings is 1. The molecule has 1 atom stereocenters. The second-order valence-corrected chi connectivity index (χ2v) is 5.05. The molecule has 1 saturated carbocycles. The van der Waals surface area contributed by atoms with Crippen molar-refractivity contribution in [3.05, 3.63) is 34.9 Å². The minimum Gasteiger partial charge on any atom is -0.334 e. The van der Waals surface area contributed by atoms with Gasteiger partial charge in [-0.05, 0) is 37.5 Å². The van der Waals surface area contributed by atoms with Crippen LogP contribution in [0.5, 0.6) is 0 Å². The predicted molar refractivity (Wildman–Crippen MR) is 75.9 cm³/mol. The smallest absolute Gasteiger partial charge is 0.239 e. The SMILES string of the molecule is C[C@H](N)C(=O)N(Cc1ccc(Cl)cc1)C1CC1.Cl. The van der Waals surface area contributed by atoms with Crippen molar-refractivity contribution < 1.29 is 4.79 Å². The van der Waals surface area contributed by atoms with Crippen LogP contribution in [0.2, 0.25) is 5.02 Å². The molecule has 0 radical (unpaired) electrons. The van der Waals surface area contributed by atoms with Crippen LogP contribution >= 0.6 is 24.0 Å². The second kappa shape index (κ2) is 6.41. The van der Waals surface area contributed by atoms with Gasteiger partial charge in [0.15, 0.2) is 0 Å². The van der Waals surface area contributed by atoms with Gasteiger partial charge in [-0.15, -0.1) is 12.4 Å². The van der Waals surface area contributed by atoms with Gasteiger partial charge in [0.1, 0.15) is 0 Å². The number of nitrogens with zero attached hydrogens (tertiary/aromatic N) is 1. The first-order valence-corrected chi connectivity index (χ1v) is 6.26. The van der Waals surface area contributed by atoms with E-state index in [-0.39, 0.29) is 18.3 Å². The van der Waals surface area contributed by atoms with Crippen molar-refractivity contribution in [1.82, 2.24) is 4.90 Å². The Balaban J connectivity index is 0.00000162. The molecule has 5 heteroatoms. The molecular weight excluding hydrogens is 271 g/mol. The fourth-order valence-corrected chi connectivity index (χ4v) is 1.95. The minimum atomic E-state index is -0.428. The van der Waals surface area contributed by atoms with Gasteiger partial charge in [0.25, 0.3) is 0 Å². The van der Waals surface area contributed by atoms with Crippen LogP contribution in [0, 0.1) is 0 Å². The van der Waals surface area contributed by atoms with Crippen molar-refractivity contribution in [3.8, 4) is 0 Å². The van der Waals surface area contributed by atoms with Crippen LogP contribution in [-0.2, 0) is 11.3 Å². The van der Waals surface area contributed by atoms with Gasteiger partial charge in [-0.2, -0.15) is 0 Å². The van der Waals surface area contributed by atoms with Crippen molar-refractivity contribution in [1.29, 1.82) is 0 Å². The zero-order valence-electron chi connectivity index (χ0n) is 10.3. The maximum absolute atomic E-state index is 12.0. The lowest BCUT2D eigenvalue weighted by molar-refractivity contribution is -0.133. The van der Waals surface area contributed by atoms with E-state index >= 15 is 0 Å². The summed E-state index contributed by atoms with van der Waals surface area (Å²) in [7, 11) is 0. The summed E-state index contributed by atoms with van der Waals surface area (Å²) in [4.78, 5) is 13.9. The Kier molecular flexibility index (Phi) is 5.45. The normalized spacial score (nSPS) is 15.7. The summed E-state index contributed by atoms with van der Waals surface area (Å²) in [5, 5.41) is 0.713. The van der Waals surface area contributed by atoms with Gasteiger partial charge in [0.2, 0.25) is 5.91 Å². The zero-order valence-corrected chi connectivity index (χ0v) is 11.9. The van der Waals surface area contributed by atoms with Crippen LogP contribution in [0.4, 0.5) is 0 Å². The third-order valence-corrected chi connectivity index (χ3v) is 3.18. The van der Waals surface area contributed by atoms with Gasteiger partial charge in [-0.25, -0.2) is 0 Å². The number of nitrogens with two attached hydrogens (primary N) is 1. The van der Waals surface area contributed by atoms with Crippen molar-refractivity contribution in [2.75, 3.05) is 0 Å². The number of halogens is 2. The number of hydrogen-bond donors (Lipinski definition) is 1. The molecule has 0 heterocycles. The van der Waals surface area contributed by atoms with Crippen LogP contribution < -0.4 is 5.73 Å². The third kappa shape index (κ3) is 3.87. The Morgan fingerprint density at radius 1 is 1.44 bits per heavy atom. The molecule has 100 valence electrons. The average Bonchev–Trinajstić information content (AvgIpc) is 3.11. The minimum absolute atomic E-state index is 0. The van der Waals surface area contributed by atoms with Crippen LogP contribution in [0.15, 0.2) is 24.3 Å². The first-order valence-electron chi connectivity index (χ1n) is 5.88. The summed E-state index contributed by atoms with van der Waals surface area (Å²) in [5.41, 5.74) is 6.76. The van der Waals surface area contributed by atoms with E-state index < -0.39 is 6.04 Å². The van der Waals surface area contributed by atoms with Crippen molar-refractivity contribution in [2.24, 2.45) is 5.73 Å². The number of amides is 1. The fourth-order valence-electron chi connectivity index (χ4n) is 1.82. The molecule has 0 bridgehead atoms. The Bertz CT molecular complexity index is 402. The fraction of sp³-hybridized carbons (Fsp3) is 0.462. The predicted octanol–water partition coefficient (Wildman–Crippen LogP) is 2.60. The van der Waals surface area contributed by atoms with Gasteiger partial charge in [0, 0.05) is 17.6 Å². The van der Waals surface area contributed by atoms with E-state index in [0.29, 0.717) is 17.6 Å². The molecule has 0 spiro atoms. The van der Waals surface area contributed by atoms with E-state index in [1.54, 1.807) is 6.92 Å². The molecule has 1 aromatic carbocycles. The summed E-state index contributed by atoms with van der Waals surface area (Å²) in [5.74, 6) is 0.0300. The summed E-state index contributed by atoms with van der Waals surface area (Å²) in [6.07, 6.45) is 2.18. The molecule has 1 amide bonds.